The van der Waals surface area contributed by atoms with E-state index in [0.717, 1.165) is 0 Å². The lowest BCUT2D eigenvalue weighted by Gasteiger charge is -2.11. The van der Waals surface area contributed by atoms with E-state index < -0.39 is 10.8 Å². The molecule has 30 heavy (non-hydrogen) atoms. The van der Waals surface area contributed by atoms with Gasteiger partial charge in [-0.25, -0.2) is 0 Å². The summed E-state index contributed by atoms with van der Waals surface area (Å²) in [5, 5.41) is 18.9. The largest absolute Gasteiger partial charge is 0.467 e. The Hall–Kier alpha value is -4.05. The molecule has 9 nitrogen and oxygen atoms in total. The van der Waals surface area contributed by atoms with Crippen LogP contribution in [0.3, 0.4) is 0 Å². The number of nitrogens with zero attached hydrogens (tertiary/aromatic N) is 1. The van der Waals surface area contributed by atoms with Crippen molar-refractivity contribution in [2.24, 2.45) is 0 Å². The lowest BCUT2D eigenvalue weighted by atomic mass is 10.1. The molecule has 0 radical (unpaired) electrons. The van der Waals surface area contributed by atoms with Crippen molar-refractivity contribution in [3.63, 3.8) is 0 Å². The number of hydrogen-bond donors (Lipinski definition) is 3. The number of benzene rings is 2. The van der Waals surface area contributed by atoms with Crippen molar-refractivity contribution in [3.8, 4) is 0 Å². The van der Waals surface area contributed by atoms with Gasteiger partial charge in [0, 0.05) is 17.3 Å². The van der Waals surface area contributed by atoms with E-state index in [-0.39, 0.29) is 28.8 Å². The van der Waals surface area contributed by atoms with Crippen LogP contribution < -0.4 is 16.0 Å². The maximum absolute atomic E-state index is 12.3. The number of para-hydroxylation sites is 1. The van der Waals surface area contributed by atoms with E-state index in [2.05, 4.69) is 16.0 Å². The first-order valence-corrected chi connectivity index (χ1v) is 9.11. The molecule has 0 spiro atoms. The first kappa shape index (κ1) is 20.7. The molecule has 1 heterocycles. The molecule has 2 amide bonds. The Morgan fingerprint density at radius 1 is 1.03 bits per heavy atom. The van der Waals surface area contributed by atoms with Gasteiger partial charge in [0.05, 0.1) is 17.7 Å². The summed E-state index contributed by atoms with van der Waals surface area (Å²) in [6.07, 6.45) is 1.52. The average molecular weight is 424 g/mol. The molecule has 10 heteroatoms. The van der Waals surface area contributed by atoms with E-state index in [0.29, 0.717) is 17.0 Å². The minimum Gasteiger partial charge on any atom is -0.467 e. The number of carbonyl (C=O) groups excluding carboxylic acids is 2. The summed E-state index contributed by atoms with van der Waals surface area (Å²) in [7, 11) is 0. The number of hydrogen-bond acceptors (Lipinski definition) is 6. The van der Waals surface area contributed by atoms with Gasteiger partial charge in [-0.2, -0.15) is 0 Å². The maximum atomic E-state index is 12.3. The zero-order chi connectivity index (χ0) is 21.5. The van der Waals surface area contributed by atoms with Gasteiger partial charge in [-0.15, -0.1) is 0 Å². The minimum atomic E-state index is -0.716. The minimum absolute atomic E-state index is 0.0636. The van der Waals surface area contributed by atoms with E-state index in [1.807, 2.05) is 0 Å². The van der Waals surface area contributed by atoms with Crippen LogP contribution in [0.25, 0.3) is 0 Å². The molecule has 1 aromatic heterocycles. The summed E-state index contributed by atoms with van der Waals surface area (Å²) in [6.45, 7) is 0.244. The molecular formula is C20H16N4O5S. The number of carbonyl (C=O) groups is 2. The van der Waals surface area contributed by atoms with Crippen molar-refractivity contribution in [3.05, 3.63) is 93.9 Å². The second-order valence-corrected chi connectivity index (χ2v) is 6.43. The molecular weight excluding hydrogens is 408 g/mol. The highest BCUT2D eigenvalue weighted by Gasteiger charge is 2.20. The van der Waals surface area contributed by atoms with Crippen molar-refractivity contribution in [1.29, 1.82) is 0 Å². The monoisotopic (exact) mass is 424 g/mol. The number of anilines is 1. The number of amides is 2. The summed E-state index contributed by atoms with van der Waals surface area (Å²) in [5.74, 6) is -0.409. The van der Waals surface area contributed by atoms with Crippen LogP contribution in [0.2, 0.25) is 0 Å². The van der Waals surface area contributed by atoms with Gasteiger partial charge >= 0.3 is 0 Å². The summed E-state index contributed by atoms with van der Waals surface area (Å²) in [6, 6.07) is 15.5. The maximum Gasteiger partial charge on any atom is 0.282 e. The van der Waals surface area contributed by atoms with Crippen LogP contribution >= 0.6 is 12.2 Å². The van der Waals surface area contributed by atoms with Gasteiger partial charge in [0.25, 0.3) is 17.5 Å². The summed E-state index contributed by atoms with van der Waals surface area (Å²) in [4.78, 5) is 35.0. The number of rotatable bonds is 6. The number of nitrogens with one attached hydrogen (secondary N) is 3. The number of nitro benzene ring substituents is 1. The zero-order valence-corrected chi connectivity index (χ0v) is 16.3. The molecule has 0 bridgehead atoms. The van der Waals surface area contributed by atoms with Gasteiger partial charge < -0.3 is 15.1 Å². The fourth-order valence-electron chi connectivity index (χ4n) is 2.58. The zero-order valence-electron chi connectivity index (χ0n) is 15.5. The molecule has 0 aliphatic carbocycles. The highest BCUT2D eigenvalue weighted by atomic mass is 32.1. The normalized spacial score (nSPS) is 10.1. The van der Waals surface area contributed by atoms with Crippen molar-refractivity contribution < 1.29 is 18.9 Å². The topological polar surface area (TPSA) is 127 Å². The van der Waals surface area contributed by atoms with Gasteiger partial charge in [-0.05, 0) is 48.6 Å². The molecule has 0 unspecified atom stereocenters. The molecule has 3 aromatic rings. The fraction of sp³-hybridized carbons (Fsp3) is 0.0500. The van der Waals surface area contributed by atoms with Crippen LogP contribution in [-0.2, 0) is 6.54 Å². The van der Waals surface area contributed by atoms with Crippen molar-refractivity contribution in [2.75, 3.05) is 5.32 Å². The van der Waals surface area contributed by atoms with E-state index >= 15 is 0 Å². The van der Waals surface area contributed by atoms with Crippen molar-refractivity contribution in [1.82, 2.24) is 10.6 Å². The Morgan fingerprint density at radius 2 is 1.83 bits per heavy atom. The lowest BCUT2D eigenvalue weighted by Crippen LogP contribution is -2.34. The third kappa shape index (κ3) is 5.26. The summed E-state index contributed by atoms with van der Waals surface area (Å²) >= 11 is 5.11. The molecule has 0 fully saturated rings. The van der Waals surface area contributed by atoms with Crippen LogP contribution in [0.1, 0.15) is 26.5 Å². The van der Waals surface area contributed by atoms with E-state index in [9.17, 15) is 19.7 Å². The van der Waals surface area contributed by atoms with Gasteiger partial charge in [0.1, 0.15) is 11.3 Å². The molecule has 152 valence electrons. The van der Waals surface area contributed by atoms with Gasteiger partial charge in [-0.3, -0.25) is 25.0 Å². The predicted molar refractivity (Wildman–Crippen MR) is 113 cm³/mol. The molecule has 0 atom stereocenters. The quantitative estimate of drug-likeness (QED) is 0.315. The van der Waals surface area contributed by atoms with Crippen LogP contribution in [0.15, 0.2) is 71.3 Å². The highest BCUT2D eigenvalue weighted by Crippen LogP contribution is 2.17. The number of thiocarbonyl (C=S) groups is 1. The Labute approximate surface area is 176 Å². The first-order valence-electron chi connectivity index (χ1n) is 8.70. The third-order valence-corrected chi connectivity index (χ3v) is 4.16. The van der Waals surface area contributed by atoms with Crippen LogP contribution in [0.5, 0.6) is 0 Å². The fourth-order valence-corrected chi connectivity index (χ4v) is 2.79. The van der Waals surface area contributed by atoms with Crippen LogP contribution in [-0.4, -0.2) is 21.9 Å². The van der Waals surface area contributed by atoms with Gasteiger partial charge in [0.2, 0.25) is 0 Å². The molecule has 0 saturated carbocycles. The summed E-state index contributed by atoms with van der Waals surface area (Å²) < 4.78 is 5.17. The smallest absolute Gasteiger partial charge is 0.282 e. The second-order valence-electron chi connectivity index (χ2n) is 6.03. The van der Waals surface area contributed by atoms with Crippen molar-refractivity contribution >= 4 is 40.5 Å². The molecule has 2 aromatic carbocycles. The predicted octanol–water partition coefficient (Wildman–Crippen LogP) is 3.24. The first-order chi connectivity index (χ1) is 14.4. The lowest BCUT2D eigenvalue weighted by molar-refractivity contribution is -0.385. The second kappa shape index (κ2) is 9.43. The Morgan fingerprint density at radius 3 is 2.57 bits per heavy atom. The standard InChI is InChI=1S/C20H16N4O5S/c25-18(21-12-15-7-4-10-29-15)13-5-3-6-14(11-13)22-20(30)23-19(26)16-8-1-2-9-17(16)24(27)28/h1-11H,12H2,(H,21,25)(H2,22,23,26,30). The van der Waals surface area contributed by atoms with E-state index in [1.54, 1.807) is 36.4 Å². The van der Waals surface area contributed by atoms with E-state index in [1.165, 1.54) is 30.5 Å². The SMILES string of the molecule is O=C(NCc1ccco1)c1cccc(NC(=S)NC(=O)c2ccccc2[N+](=O)[O-])c1. The Kier molecular flexibility index (Phi) is 6.50. The highest BCUT2D eigenvalue weighted by molar-refractivity contribution is 7.80. The van der Waals surface area contributed by atoms with E-state index in [4.69, 9.17) is 16.6 Å². The van der Waals surface area contributed by atoms with Crippen LogP contribution in [0.4, 0.5) is 11.4 Å². The Balaban J connectivity index is 1.61. The summed E-state index contributed by atoms with van der Waals surface area (Å²) in [5.41, 5.74) is 0.401. The number of furan rings is 1. The average Bonchev–Trinajstić information content (AvgIpc) is 3.25. The molecule has 3 N–H and O–H groups in total. The van der Waals surface area contributed by atoms with Gasteiger partial charge in [0.15, 0.2) is 5.11 Å². The molecule has 0 saturated heterocycles. The Bertz CT molecular complexity index is 1100. The molecule has 0 aliphatic heterocycles. The number of nitro groups is 1. The van der Waals surface area contributed by atoms with Gasteiger partial charge in [-0.1, -0.05) is 18.2 Å². The molecule has 0 aliphatic rings. The van der Waals surface area contributed by atoms with Crippen LogP contribution in [0, 0.1) is 10.1 Å². The molecule has 3 rings (SSSR count). The third-order valence-electron chi connectivity index (χ3n) is 3.96. The van der Waals surface area contributed by atoms with Crippen molar-refractivity contribution in [2.45, 2.75) is 6.54 Å².